The molecule has 1 heterocycles. The van der Waals surface area contributed by atoms with E-state index in [1.807, 2.05) is 21.0 Å². The van der Waals surface area contributed by atoms with Crippen LogP contribution in [-0.4, -0.2) is 49.3 Å². The average molecular weight is 342 g/mol. The Labute approximate surface area is 139 Å². The van der Waals surface area contributed by atoms with Crippen molar-refractivity contribution >= 4 is 34.8 Å². The quantitative estimate of drug-likeness (QED) is 0.791. The van der Waals surface area contributed by atoms with Gasteiger partial charge in [0, 0.05) is 32.4 Å². The first-order valence-corrected chi connectivity index (χ1v) is 7.37. The molecule has 0 radical (unpaired) electrons. The molecule has 22 heavy (non-hydrogen) atoms. The molecule has 1 aliphatic rings. The summed E-state index contributed by atoms with van der Waals surface area (Å²) in [5.41, 5.74) is 1.94. The number of benzene rings is 1. The van der Waals surface area contributed by atoms with Crippen LogP contribution in [0, 0.1) is 6.92 Å². The van der Waals surface area contributed by atoms with Crippen molar-refractivity contribution in [3.8, 4) is 5.75 Å². The standard InChI is InChI=1S/C15H17Cl2N3O2/c1-9-5-14(12(17)6-11(9)16)22-8-13-10(7-19(2)3)15(21)20(4)18-13/h5-7H,8H2,1-4H3/b10-7-. The van der Waals surface area contributed by atoms with Crippen LogP contribution >= 0.6 is 23.2 Å². The molecule has 118 valence electrons. The second-order valence-corrected chi connectivity index (χ2v) is 6.02. The van der Waals surface area contributed by atoms with E-state index in [1.165, 1.54) is 5.01 Å². The molecule has 7 heteroatoms. The number of nitrogens with zero attached hydrogens (tertiary/aromatic N) is 3. The van der Waals surface area contributed by atoms with Gasteiger partial charge in [0.15, 0.2) is 0 Å². The topological polar surface area (TPSA) is 45.1 Å². The first-order chi connectivity index (χ1) is 10.3. The number of carbonyl (C=O) groups excluding carboxylic acids is 1. The molecule has 0 saturated carbocycles. The molecule has 0 spiro atoms. The Balaban J connectivity index is 2.19. The van der Waals surface area contributed by atoms with Crippen molar-refractivity contribution in [1.29, 1.82) is 0 Å². The molecule has 0 atom stereocenters. The highest BCUT2D eigenvalue weighted by molar-refractivity contribution is 6.36. The van der Waals surface area contributed by atoms with Gasteiger partial charge in [0.05, 0.1) is 10.6 Å². The lowest BCUT2D eigenvalue weighted by Crippen LogP contribution is -2.20. The fourth-order valence-electron chi connectivity index (χ4n) is 1.96. The predicted octanol–water partition coefficient (Wildman–Crippen LogP) is 2.95. The van der Waals surface area contributed by atoms with Crippen LogP contribution in [0.3, 0.4) is 0 Å². The largest absolute Gasteiger partial charge is 0.486 e. The summed E-state index contributed by atoms with van der Waals surface area (Å²) in [6.45, 7) is 2.02. The number of ether oxygens (including phenoxy) is 1. The van der Waals surface area contributed by atoms with E-state index < -0.39 is 0 Å². The van der Waals surface area contributed by atoms with E-state index in [2.05, 4.69) is 5.10 Å². The fourth-order valence-corrected chi connectivity index (χ4v) is 2.40. The highest BCUT2D eigenvalue weighted by Crippen LogP contribution is 2.31. The molecule has 0 bridgehead atoms. The minimum atomic E-state index is -0.161. The molecule has 0 saturated heterocycles. The van der Waals surface area contributed by atoms with Crippen molar-refractivity contribution in [1.82, 2.24) is 9.91 Å². The third-order valence-electron chi connectivity index (χ3n) is 3.07. The number of aryl methyl sites for hydroxylation is 1. The molecule has 0 unspecified atom stereocenters. The van der Waals surface area contributed by atoms with E-state index in [4.69, 9.17) is 27.9 Å². The Bertz CT molecular complexity index is 669. The lowest BCUT2D eigenvalue weighted by Gasteiger charge is -2.11. The van der Waals surface area contributed by atoms with E-state index >= 15 is 0 Å². The molecule has 5 nitrogen and oxygen atoms in total. The summed E-state index contributed by atoms with van der Waals surface area (Å²) in [5.74, 6) is 0.350. The molecule has 0 aliphatic carbocycles. The summed E-state index contributed by atoms with van der Waals surface area (Å²) in [6, 6.07) is 3.40. The van der Waals surface area contributed by atoms with Crippen molar-refractivity contribution in [2.75, 3.05) is 27.7 Å². The van der Waals surface area contributed by atoms with E-state index in [1.54, 1.807) is 30.3 Å². The molecule has 2 rings (SSSR count). The van der Waals surface area contributed by atoms with Crippen LogP contribution in [0.4, 0.5) is 0 Å². The van der Waals surface area contributed by atoms with Crippen molar-refractivity contribution in [3.63, 3.8) is 0 Å². The third kappa shape index (κ3) is 3.54. The normalized spacial score (nSPS) is 16.3. The number of hydrogen-bond acceptors (Lipinski definition) is 4. The number of amides is 1. The zero-order chi connectivity index (χ0) is 16.4. The number of hydrogen-bond donors (Lipinski definition) is 0. The van der Waals surface area contributed by atoms with Crippen molar-refractivity contribution in [3.05, 3.63) is 39.5 Å². The first kappa shape index (κ1) is 16.6. The van der Waals surface area contributed by atoms with Gasteiger partial charge in [-0.15, -0.1) is 0 Å². The third-order valence-corrected chi connectivity index (χ3v) is 3.77. The van der Waals surface area contributed by atoms with Crippen LogP contribution in [-0.2, 0) is 4.79 Å². The van der Waals surface area contributed by atoms with E-state index in [0.717, 1.165) is 5.56 Å². The molecule has 0 N–H and O–H groups in total. The fraction of sp³-hybridized carbons (Fsp3) is 0.333. The van der Waals surface area contributed by atoms with Crippen LogP contribution < -0.4 is 4.74 Å². The molecule has 0 fully saturated rings. The van der Waals surface area contributed by atoms with Crippen LogP contribution in [0.15, 0.2) is 29.0 Å². The van der Waals surface area contributed by atoms with Crippen LogP contribution in [0.25, 0.3) is 0 Å². The lowest BCUT2D eigenvalue weighted by atomic mass is 10.2. The van der Waals surface area contributed by atoms with E-state index in [9.17, 15) is 4.79 Å². The van der Waals surface area contributed by atoms with Crippen molar-refractivity contribution in [2.24, 2.45) is 5.10 Å². The molecular formula is C15H17Cl2N3O2. The van der Waals surface area contributed by atoms with Crippen molar-refractivity contribution < 1.29 is 9.53 Å². The first-order valence-electron chi connectivity index (χ1n) is 6.62. The van der Waals surface area contributed by atoms with Gasteiger partial charge in [-0.3, -0.25) is 4.79 Å². The molecule has 1 aromatic rings. The molecular weight excluding hydrogens is 325 g/mol. The van der Waals surface area contributed by atoms with Gasteiger partial charge in [0.2, 0.25) is 0 Å². The van der Waals surface area contributed by atoms with Gasteiger partial charge >= 0.3 is 0 Å². The molecule has 1 aromatic carbocycles. The maximum Gasteiger partial charge on any atom is 0.277 e. The monoisotopic (exact) mass is 341 g/mol. The Morgan fingerprint density at radius 3 is 2.64 bits per heavy atom. The molecule has 1 amide bonds. The van der Waals surface area contributed by atoms with Crippen LogP contribution in [0.1, 0.15) is 5.56 Å². The van der Waals surface area contributed by atoms with Crippen LogP contribution in [0.5, 0.6) is 5.75 Å². The van der Waals surface area contributed by atoms with E-state index in [0.29, 0.717) is 27.1 Å². The van der Waals surface area contributed by atoms with Gasteiger partial charge in [0.25, 0.3) is 5.91 Å². The highest BCUT2D eigenvalue weighted by Gasteiger charge is 2.28. The SMILES string of the molecule is Cc1cc(OCC2=NN(C)C(=O)/C2=C\N(C)C)c(Cl)cc1Cl. The second kappa shape index (κ2) is 6.58. The van der Waals surface area contributed by atoms with E-state index in [-0.39, 0.29) is 12.5 Å². The van der Waals surface area contributed by atoms with Gasteiger partial charge in [-0.2, -0.15) is 5.10 Å². The minimum Gasteiger partial charge on any atom is -0.486 e. The smallest absolute Gasteiger partial charge is 0.277 e. The summed E-state index contributed by atoms with van der Waals surface area (Å²) in [5, 5.41) is 6.50. The summed E-state index contributed by atoms with van der Waals surface area (Å²) < 4.78 is 5.71. The molecule has 1 aliphatic heterocycles. The number of likely N-dealkylation sites (N-methyl/N-ethyl adjacent to an activating group) is 1. The van der Waals surface area contributed by atoms with Crippen LogP contribution in [0.2, 0.25) is 10.0 Å². The number of rotatable bonds is 4. The Hall–Kier alpha value is -1.72. The maximum atomic E-state index is 12.0. The highest BCUT2D eigenvalue weighted by atomic mass is 35.5. The predicted molar refractivity (Wildman–Crippen MR) is 88.7 cm³/mol. The Morgan fingerprint density at radius 2 is 2.00 bits per heavy atom. The van der Waals surface area contributed by atoms with Gasteiger partial charge in [-0.25, -0.2) is 5.01 Å². The summed E-state index contributed by atoms with van der Waals surface area (Å²) in [6.07, 6.45) is 1.72. The Morgan fingerprint density at radius 1 is 1.32 bits per heavy atom. The zero-order valence-electron chi connectivity index (χ0n) is 12.9. The van der Waals surface area contributed by atoms with Gasteiger partial charge in [0.1, 0.15) is 18.1 Å². The zero-order valence-corrected chi connectivity index (χ0v) is 14.4. The van der Waals surface area contributed by atoms with Crippen molar-refractivity contribution in [2.45, 2.75) is 6.92 Å². The van der Waals surface area contributed by atoms with Gasteiger partial charge < -0.3 is 9.64 Å². The summed E-state index contributed by atoms with van der Waals surface area (Å²) >= 11 is 12.1. The summed E-state index contributed by atoms with van der Waals surface area (Å²) in [4.78, 5) is 13.8. The molecule has 0 aromatic heterocycles. The number of hydrazone groups is 1. The minimum absolute atomic E-state index is 0.149. The number of carbonyl (C=O) groups is 1. The van der Waals surface area contributed by atoms with Gasteiger partial charge in [-0.05, 0) is 24.6 Å². The lowest BCUT2D eigenvalue weighted by molar-refractivity contribution is -0.124. The van der Waals surface area contributed by atoms with Gasteiger partial charge in [-0.1, -0.05) is 23.2 Å². The average Bonchev–Trinajstić information content (AvgIpc) is 2.69. The number of halogens is 2. The Kier molecular flexibility index (Phi) is 4.98. The summed E-state index contributed by atoms with van der Waals surface area (Å²) in [7, 11) is 5.30. The second-order valence-electron chi connectivity index (χ2n) is 5.20. The maximum absolute atomic E-state index is 12.0.